The van der Waals surface area contributed by atoms with Crippen LogP contribution in [0.1, 0.15) is 24.0 Å². The fourth-order valence-electron chi connectivity index (χ4n) is 3.42. The number of anilines is 1. The van der Waals surface area contributed by atoms with E-state index in [1.54, 1.807) is 13.2 Å². The van der Waals surface area contributed by atoms with Gasteiger partial charge >= 0.3 is 0 Å². The van der Waals surface area contributed by atoms with E-state index in [1.807, 2.05) is 54.3 Å². The predicted molar refractivity (Wildman–Crippen MR) is 106 cm³/mol. The van der Waals surface area contributed by atoms with Crippen LogP contribution >= 0.6 is 0 Å². The van der Waals surface area contributed by atoms with Crippen molar-refractivity contribution in [3.05, 3.63) is 59.7 Å². The van der Waals surface area contributed by atoms with Gasteiger partial charge in [-0.05, 0) is 43.0 Å². The summed E-state index contributed by atoms with van der Waals surface area (Å²) in [7, 11) is 1.60. The van der Waals surface area contributed by atoms with Crippen LogP contribution in [-0.4, -0.2) is 36.9 Å². The number of aryl methyl sites for hydroxylation is 1. The van der Waals surface area contributed by atoms with E-state index in [-0.39, 0.29) is 17.7 Å². The van der Waals surface area contributed by atoms with Crippen LogP contribution in [0.3, 0.4) is 0 Å². The highest BCUT2D eigenvalue weighted by molar-refractivity contribution is 5.93. The molecule has 0 radical (unpaired) electrons. The number of amides is 2. The highest BCUT2D eigenvalue weighted by Gasteiger charge is 2.27. The van der Waals surface area contributed by atoms with Crippen LogP contribution in [-0.2, 0) is 16.0 Å². The van der Waals surface area contributed by atoms with Gasteiger partial charge in [0.1, 0.15) is 5.75 Å². The van der Waals surface area contributed by atoms with Crippen molar-refractivity contribution in [2.24, 2.45) is 5.92 Å². The molecule has 1 aliphatic heterocycles. The summed E-state index contributed by atoms with van der Waals surface area (Å²) in [4.78, 5) is 27.0. The Balaban J connectivity index is 1.51. The van der Waals surface area contributed by atoms with Gasteiger partial charge in [-0.1, -0.05) is 30.3 Å². The molecule has 2 aromatic carbocycles. The van der Waals surface area contributed by atoms with Crippen LogP contribution in [0.25, 0.3) is 0 Å². The molecule has 0 spiro atoms. The number of hydrogen-bond acceptors (Lipinski definition) is 3. The van der Waals surface area contributed by atoms with Gasteiger partial charge in [-0.2, -0.15) is 0 Å². The Hall–Kier alpha value is -2.82. The standard InChI is InChI=1S/C22H26N2O3/c1-16-6-3-4-7-18(16)14-21(25)24-12-10-17(11-13-24)22(26)23-19-8-5-9-20(15-19)27-2/h3-9,15,17H,10-14H2,1-2H3,(H,23,26). The molecule has 0 atom stereocenters. The van der Waals surface area contributed by atoms with E-state index in [4.69, 9.17) is 4.74 Å². The highest BCUT2D eigenvalue weighted by Crippen LogP contribution is 2.22. The zero-order chi connectivity index (χ0) is 19.2. The molecule has 0 aromatic heterocycles. The van der Waals surface area contributed by atoms with Crippen LogP contribution in [0.15, 0.2) is 48.5 Å². The Morgan fingerprint density at radius 2 is 1.85 bits per heavy atom. The first-order chi connectivity index (χ1) is 13.1. The maximum atomic E-state index is 12.6. The highest BCUT2D eigenvalue weighted by atomic mass is 16.5. The molecule has 0 saturated carbocycles. The summed E-state index contributed by atoms with van der Waals surface area (Å²) >= 11 is 0. The number of hydrogen-bond donors (Lipinski definition) is 1. The van der Waals surface area contributed by atoms with Crippen molar-refractivity contribution < 1.29 is 14.3 Å². The third kappa shape index (κ3) is 4.88. The molecular formula is C22H26N2O3. The molecule has 1 N–H and O–H groups in total. The first kappa shape index (κ1) is 19.0. The molecule has 1 saturated heterocycles. The van der Waals surface area contributed by atoms with Gasteiger partial charge in [0.2, 0.25) is 11.8 Å². The number of nitrogens with one attached hydrogen (secondary N) is 1. The minimum atomic E-state index is -0.0706. The Morgan fingerprint density at radius 1 is 1.11 bits per heavy atom. The lowest BCUT2D eigenvalue weighted by Crippen LogP contribution is -2.42. The van der Waals surface area contributed by atoms with E-state index >= 15 is 0 Å². The number of carbonyl (C=O) groups is 2. The number of ether oxygens (including phenoxy) is 1. The predicted octanol–water partition coefficient (Wildman–Crippen LogP) is 3.42. The Bertz CT molecular complexity index is 811. The molecule has 3 rings (SSSR count). The van der Waals surface area contributed by atoms with E-state index in [1.165, 1.54) is 0 Å². The maximum Gasteiger partial charge on any atom is 0.227 e. The third-order valence-corrected chi connectivity index (χ3v) is 5.16. The first-order valence-electron chi connectivity index (χ1n) is 9.34. The van der Waals surface area contributed by atoms with Gasteiger partial charge < -0.3 is 15.0 Å². The molecular weight excluding hydrogens is 340 g/mol. The summed E-state index contributed by atoms with van der Waals surface area (Å²) in [5.41, 5.74) is 2.94. The number of piperidine rings is 1. The Labute approximate surface area is 160 Å². The number of carbonyl (C=O) groups excluding carboxylic acids is 2. The van der Waals surface area contributed by atoms with Crippen LogP contribution in [0.5, 0.6) is 5.75 Å². The molecule has 142 valence electrons. The zero-order valence-electron chi connectivity index (χ0n) is 15.9. The van der Waals surface area contributed by atoms with Crippen LogP contribution in [0, 0.1) is 12.8 Å². The Morgan fingerprint density at radius 3 is 2.56 bits per heavy atom. The van der Waals surface area contributed by atoms with Crippen molar-refractivity contribution in [2.45, 2.75) is 26.2 Å². The quantitative estimate of drug-likeness (QED) is 0.882. The second-order valence-electron chi connectivity index (χ2n) is 6.98. The van der Waals surface area contributed by atoms with Gasteiger partial charge in [0.05, 0.1) is 13.5 Å². The normalized spacial score (nSPS) is 14.7. The van der Waals surface area contributed by atoms with E-state index in [0.29, 0.717) is 38.1 Å². The van der Waals surface area contributed by atoms with E-state index < -0.39 is 0 Å². The molecule has 1 fully saturated rings. The third-order valence-electron chi connectivity index (χ3n) is 5.16. The summed E-state index contributed by atoms with van der Waals surface area (Å²) in [6.45, 7) is 3.28. The zero-order valence-corrected chi connectivity index (χ0v) is 15.9. The van der Waals surface area contributed by atoms with Crippen molar-refractivity contribution in [1.82, 2.24) is 4.90 Å². The lowest BCUT2D eigenvalue weighted by atomic mass is 9.95. The van der Waals surface area contributed by atoms with Gasteiger partial charge in [-0.15, -0.1) is 0 Å². The smallest absolute Gasteiger partial charge is 0.227 e. The minimum absolute atomic E-state index is 0.00857. The van der Waals surface area contributed by atoms with Gasteiger partial charge in [0.15, 0.2) is 0 Å². The summed E-state index contributed by atoms with van der Waals surface area (Å²) in [5, 5.41) is 2.96. The molecule has 1 aliphatic rings. The van der Waals surface area contributed by atoms with Gasteiger partial charge in [-0.3, -0.25) is 9.59 Å². The maximum absolute atomic E-state index is 12.6. The summed E-state index contributed by atoms with van der Waals surface area (Å²) in [6.07, 6.45) is 1.80. The number of nitrogens with zero attached hydrogens (tertiary/aromatic N) is 1. The first-order valence-corrected chi connectivity index (χ1v) is 9.34. The number of benzene rings is 2. The lowest BCUT2D eigenvalue weighted by molar-refractivity contribution is -0.133. The van der Waals surface area contributed by atoms with Gasteiger partial charge in [0.25, 0.3) is 0 Å². The Kier molecular flexibility index (Phi) is 6.12. The summed E-state index contributed by atoms with van der Waals surface area (Å²) in [5.74, 6) is 0.786. The fraction of sp³-hybridized carbons (Fsp3) is 0.364. The van der Waals surface area contributed by atoms with Crippen molar-refractivity contribution in [2.75, 3.05) is 25.5 Å². The average molecular weight is 366 g/mol. The van der Waals surface area contributed by atoms with Crippen molar-refractivity contribution in [1.29, 1.82) is 0 Å². The van der Waals surface area contributed by atoms with Gasteiger partial charge in [-0.25, -0.2) is 0 Å². The van der Waals surface area contributed by atoms with Crippen LogP contribution in [0.2, 0.25) is 0 Å². The fourth-order valence-corrected chi connectivity index (χ4v) is 3.42. The number of rotatable bonds is 5. The average Bonchev–Trinajstić information content (AvgIpc) is 2.70. The second-order valence-corrected chi connectivity index (χ2v) is 6.98. The molecule has 27 heavy (non-hydrogen) atoms. The van der Waals surface area contributed by atoms with E-state index in [2.05, 4.69) is 5.32 Å². The van der Waals surface area contributed by atoms with Crippen molar-refractivity contribution in [3.8, 4) is 5.75 Å². The molecule has 0 unspecified atom stereocenters. The van der Waals surface area contributed by atoms with E-state index in [0.717, 1.165) is 16.8 Å². The lowest BCUT2D eigenvalue weighted by Gasteiger charge is -2.31. The molecule has 0 bridgehead atoms. The van der Waals surface area contributed by atoms with Crippen LogP contribution in [0.4, 0.5) is 5.69 Å². The number of likely N-dealkylation sites (tertiary alicyclic amines) is 1. The largest absolute Gasteiger partial charge is 0.497 e. The molecule has 2 amide bonds. The topological polar surface area (TPSA) is 58.6 Å². The number of methoxy groups -OCH3 is 1. The molecule has 5 nitrogen and oxygen atoms in total. The molecule has 5 heteroatoms. The molecule has 2 aromatic rings. The SMILES string of the molecule is COc1cccc(NC(=O)C2CCN(C(=O)Cc3ccccc3C)CC2)c1. The van der Waals surface area contributed by atoms with Crippen LogP contribution < -0.4 is 10.1 Å². The summed E-state index contributed by atoms with van der Waals surface area (Å²) in [6, 6.07) is 15.3. The summed E-state index contributed by atoms with van der Waals surface area (Å²) < 4.78 is 5.18. The minimum Gasteiger partial charge on any atom is -0.497 e. The van der Waals surface area contributed by atoms with Crippen molar-refractivity contribution >= 4 is 17.5 Å². The monoisotopic (exact) mass is 366 g/mol. The van der Waals surface area contributed by atoms with Crippen molar-refractivity contribution in [3.63, 3.8) is 0 Å². The second kappa shape index (κ2) is 8.71. The van der Waals surface area contributed by atoms with Gasteiger partial charge in [0, 0.05) is 30.8 Å². The molecule has 1 heterocycles. The van der Waals surface area contributed by atoms with E-state index in [9.17, 15) is 9.59 Å². The molecule has 0 aliphatic carbocycles.